The number of hydrogen-bond donors (Lipinski definition) is 0. The molecule has 0 aliphatic carbocycles. The SMILES string of the molecule is COC(=O)c1cc(N2CCC(N3CCCC3C)CC2)c2cc(Br)ccc2n1. The van der Waals surface area contributed by atoms with Gasteiger partial charge in [0.15, 0.2) is 5.69 Å². The van der Waals surface area contributed by atoms with E-state index in [1.165, 1.54) is 26.5 Å². The first kappa shape index (κ1) is 18.7. The van der Waals surface area contributed by atoms with Crippen molar-refractivity contribution in [3.05, 3.63) is 34.4 Å². The summed E-state index contributed by atoms with van der Waals surface area (Å²) in [6.07, 6.45) is 4.98. The van der Waals surface area contributed by atoms with Crippen LogP contribution in [0.15, 0.2) is 28.7 Å². The van der Waals surface area contributed by atoms with Crippen molar-refractivity contribution < 1.29 is 9.53 Å². The molecule has 3 heterocycles. The fraction of sp³-hybridized carbons (Fsp3) is 0.524. The van der Waals surface area contributed by atoms with Crippen LogP contribution in [0.3, 0.4) is 0 Å². The van der Waals surface area contributed by atoms with Gasteiger partial charge in [0.05, 0.1) is 12.6 Å². The van der Waals surface area contributed by atoms with Gasteiger partial charge in [0, 0.05) is 40.7 Å². The molecule has 0 radical (unpaired) electrons. The van der Waals surface area contributed by atoms with Gasteiger partial charge in [-0.05, 0) is 63.4 Å². The standard InChI is InChI=1S/C21H26BrN3O2/c1-14-4-3-9-25(14)16-7-10-24(11-8-16)20-13-19(21(26)27-2)23-18-6-5-15(22)12-17(18)20/h5-6,12-14,16H,3-4,7-11H2,1-2H3. The van der Waals surface area contributed by atoms with Crippen LogP contribution in [0, 0.1) is 0 Å². The molecule has 2 fully saturated rings. The number of pyridine rings is 1. The summed E-state index contributed by atoms with van der Waals surface area (Å²) >= 11 is 3.57. The second-order valence-corrected chi connectivity index (χ2v) is 8.54. The number of methoxy groups -OCH3 is 1. The summed E-state index contributed by atoms with van der Waals surface area (Å²) in [6.45, 7) is 5.60. The van der Waals surface area contributed by atoms with Crippen LogP contribution in [-0.4, -0.2) is 54.7 Å². The number of aromatic nitrogens is 1. The minimum Gasteiger partial charge on any atom is -0.464 e. The number of esters is 1. The van der Waals surface area contributed by atoms with Crippen LogP contribution in [0.4, 0.5) is 5.69 Å². The molecule has 144 valence electrons. The lowest BCUT2D eigenvalue weighted by molar-refractivity contribution is 0.0594. The Morgan fingerprint density at radius 2 is 1.96 bits per heavy atom. The van der Waals surface area contributed by atoms with E-state index in [1.807, 2.05) is 18.2 Å². The van der Waals surface area contributed by atoms with Gasteiger partial charge < -0.3 is 9.64 Å². The number of likely N-dealkylation sites (tertiary alicyclic amines) is 1. The highest BCUT2D eigenvalue weighted by atomic mass is 79.9. The zero-order valence-electron chi connectivity index (χ0n) is 15.9. The number of carbonyl (C=O) groups is 1. The summed E-state index contributed by atoms with van der Waals surface area (Å²) in [5.74, 6) is -0.387. The normalized spacial score (nSPS) is 21.7. The lowest BCUT2D eigenvalue weighted by atomic mass is 10.0. The quantitative estimate of drug-likeness (QED) is 0.680. The van der Waals surface area contributed by atoms with Crippen molar-refractivity contribution in [3.8, 4) is 0 Å². The third kappa shape index (κ3) is 3.69. The van der Waals surface area contributed by atoms with Crippen molar-refractivity contribution in [3.63, 3.8) is 0 Å². The molecule has 2 aromatic rings. The molecule has 0 bridgehead atoms. The lowest BCUT2D eigenvalue weighted by Gasteiger charge is -2.40. The summed E-state index contributed by atoms with van der Waals surface area (Å²) in [4.78, 5) is 21.7. The highest BCUT2D eigenvalue weighted by Crippen LogP contribution is 2.33. The first-order chi connectivity index (χ1) is 13.1. The molecule has 0 amide bonds. The predicted molar refractivity (Wildman–Crippen MR) is 111 cm³/mol. The van der Waals surface area contributed by atoms with Crippen LogP contribution in [0.25, 0.3) is 10.9 Å². The van der Waals surface area contributed by atoms with Crippen molar-refractivity contribution in [2.45, 2.75) is 44.7 Å². The number of rotatable bonds is 3. The van der Waals surface area contributed by atoms with Gasteiger partial charge in [-0.2, -0.15) is 0 Å². The molecule has 6 heteroatoms. The first-order valence-corrected chi connectivity index (χ1v) is 10.6. The highest BCUT2D eigenvalue weighted by Gasteiger charge is 2.31. The van der Waals surface area contributed by atoms with E-state index in [9.17, 15) is 4.79 Å². The molecular weight excluding hydrogens is 406 g/mol. The third-order valence-electron chi connectivity index (χ3n) is 6.02. The zero-order chi connectivity index (χ0) is 19.0. The van der Waals surface area contributed by atoms with E-state index in [0.29, 0.717) is 17.8 Å². The van der Waals surface area contributed by atoms with E-state index in [2.05, 4.69) is 43.7 Å². The monoisotopic (exact) mass is 431 g/mol. The Labute approximate surface area is 168 Å². The van der Waals surface area contributed by atoms with Crippen LogP contribution < -0.4 is 4.90 Å². The van der Waals surface area contributed by atoms with Gasteiger partial charge in [-0.25, -0.2) is 9.78 Å². The van der Waals surface area contributed by atoms with E-state index in [4.69, 9.17) is 4.74 Å². The average molecular weight is 432 g/mol. The maximum Gasteiger partial charge on any atom is 0.356 e. The average Bonchev–Trinajstić information content (AvgIpc) is 3.12. The lowest BCUT2D eigenvalue weighted by Crippen LogP contribution is -2.46. The van der Waals surface area contributed by atoms with E-state index in [1.54, 1.807) is 0 Å². The van der Waals surface area contributed by atoms with Gasteiger partial charge in [-0.15, -0.1) is 0 Å². The molecule has 2 saturated heterocycles. The van der Waals surface area contributed by atoms with Crippen LogP contribution in [0.5, 0.6) is 0 Å². The summed E-state index contributed by atoms with van der Waals surface area (Å²) in [6, 6.07) is 9.28. The molecule has 2 aliphatic rings. The Hall–Kier alpha value is -1.66. The molecule has 0 spiro atoms. The van der Waals surface area contributed by atoms with Crippen molar-refractivity contribution in [2.75, 3.05) is 31.6 Å². The number of ether oxygens (including phenoxy) is 1. The second-order valence-electron chi connectivity index (χ2n) is 7.63. The number of fused-ring (bicyclic) bond motifs is 1. The van der Waals surface area contributed by atoms with Crippen molar-refractivity contribution in [2.24, 2.45) is 0 Å². The van der Waals surface area contributed by atoms with E-state index in [-0.39, 0.29) is 5.97 Å². The molecule has 1 aromatic heterocycles. The maximum absolute atomic E-state index is 12.1. The second kappa shape index (κ2) is 7.76. The minimum atomic E-state index is -0.387. The van der Waals surface area contributed by atoms with Crippen LogP contribution >= 0.6 is 15.9 Å². The zero-order valence-corrected chi connectivity index (χ0v) is 17.5. The molecule has 0 N–H and O–H groups in total. The minimum absolute atomic E-state index is 0.373. The molecular formula is C21H26BrN3O2. The van der Waals surface area contributed by atoms with E-state index in [0.717, 1.165) is 47.0 Å². The molecule has 0 saturated carbocycles. The summed E-state index contributed by atoms with van der Waals surface area (Å²) in [5, 5.41) is 1.07. The molecule has 27 heavy (non-hydrogen) atoms. The van der Waals surface area contributed by atoms with Crippen LogP contribution in [-0.2, 0) is 4.74 Å². The smallest absolute Gasteiger partial charge is 0.356 e. The number of carbonyl (C=O) groups excluding carboxylic acids is 1. The van der Waals surface area contributed by atoms with E-state index < -0.39 is 0 Å². The van der Waals surface area contributed by atoms with Crippen molar-refractivity contribution in [1.29, 1.82) is 0 Å². The molecule has 2 aliphatic heterocycles. The highest BCUT2D eigenvalue weighted by molar-refractivity contribution is 9.10. The Morgan fingerprint density at radius 3 is 2.63 bits per heavy atom. The fourth-order valence-corrected chi connectivity index (χ4v) is 4.95. The van der Waals surface area contributed by atoms with Gasteiger partial charge in [0.1, 0.15) is 0 Å². The van der Waals surface area contributed by atoms with Crippen molar-refractivity contribution >= 4 is 38.5 Å². The Balaban J connectivity index is 1.62. The maximum atomic E-state index is 12.1. The van der Waals surface area contributed by atoms with Gasteiger partial charge >= 0.3 is 5.97 Å². The number of halogens is 1. The third-order valence-corrected chi connectivity index (χ3v) is 6.52. The summed E-state index contributed by atoms with van der Waals surface area (Å²) in [5.41, 5.74) is 2.28. The van der Waals surface area contributed by atoms with Crippen LogP contribution in [0.2, 0.25) is 0 Å². The fourth-order valence-electron chi connectivity index (χ4n) is 4.59. The Kier molecular flexibility index (Phi) is 5.37. The number of piperidine rings is 1. The Bertz CT molecular complexity index is 849. The number of hydrogen-bond acceptors (Lipinski definition) is 5. The molecule has 1 aromatic carbocycles. The van der Waals surface area contributed by atoms with Crippen molar-refractivity contribution in [1.82, 2.24) is 9.88 Å². The summed E-state index contributed by atoms with van der Waals surface area (Å²) < 4.78 is 5.93. The number of nitrogens with zero attached hydrogens (tertiary/aromatic N) is 3. The molecule has 4 rings (SSSR count). The predicted octanol–water partition coefficient (Wildman–Crippen LogP) is 4.24. The van der Waals surface area contributed by atoms with E-state index >= 15 is 0 Å². The van der Waals surface area contributed by atoms with Gasteiger partial charge in [0.2, 0.25) is 0 Å². The molecule has 1 atom stereocenters. The van der Waals surface area contributed by atoms with Crippen LogP contribution in [0.1, 0.15) is 43.1 Å². The Morgan fingerprint density at radius 1 is 1.19 bits per heavy atom. The first-order valence-electron chi connectivity index (χ1n) is 9.76. The topological polar surface area (TPSA) is 45.7 Å². The van der Waals surface area contributed by atoms with Gasteiger partial charge in [-0.1, -0.05) is 15.9 Å². The molecule has 1 unspecified atom stereocenters. The van der Waals surface area contributed by atoms with Gasteiger partial charge in [0.25, 0.3) is 0 Å². The number of anilines is 1. The largest absolute Gasteiger partial charge is 0.464 e. The molecule has 5 nitrogen and oxygen atoms in total. The number of benzene rings is 1. The van der Waals surface area contributed by atoms with Gasteiger partial charge in [-0.3, -0.25) is 4.90 Å². The summed E-state index contributed by atoms with van der Waals surface area (Å²) in [7, 11) is 1.40.